The molecule has 0 aromatic heterocycles. The molecule has 0 aliphatic heterocycles. The van der Waals surface area contributed by atoms with Crippen molar-refractivity contribution in [2.45, 2.75) is 65.8 Å². The third kappa shape index (κ3) is 5.97. The molecule has 2 rings (SSSR count). The van der Waals surface area contributed by atoms with Crippen LogP contribution in [0.2, 0.25) is 0 Å². The number of rotatable bonds is 5. The summed E-state index contributed by atoms with van der Waals surface area (Å²) >= 11 is 0. The van der Waals surface area contributed by atoms with Gasteiger partial charge in [-0.25, -0.2) is 4.99 Å². The highest BCUT2D eigenvalue weighted by atomic mass is 16.5. The van der Waals surface area contributed by atoms with Crippen LogP contribution in [0.15, 0.2) is 46.4 Å². The quantitative estimate of drug-likeness (QED) is 0.577. The summed E-state index contributed by atoms with van der Waals surface area (Å²) in [5.74, 6) is 2.22. The van der Waals surface area contributed by atoms with Gasteiger partial charge in [-0.15, -0.1) is 0 Å². The number of hydrogen-bond acceptors (Lipinski definition) is 4. The van der Waals surface area contributed by atoms with Crippen LogP contribution in [-0.4, -0.2) is 16.7 Å². The number of phenolic OH excluding ortho intramolecular Hbond substituents is 1. The Balaban J connectivity index is 2.53. The molecule has 2 aromatic carbocycles. The van der Waals surface area contributed by atoms with E-state index in [4.69, 9.17) is 4.74 Å². The Morgan fingerprint density at radius 1 is 0.889 bits per heavy atom. The maximum absolute atomic E-state index is 9.45. The van der Waals surface area contributed by atoms with Gasteiger partial charge in [-0.1, -0.05) is 27.7 Å². The van der Waals surface area contributed by atoms with Gasteiger partial charge in [0.05, 0.1) is 17.2 Å². The molecule has 0 saturated carbocycles. The van der Waals surface area contributed by atoms with Crippen LogP contribution < -0.4 is 4.74 Å². The van der Waals surface area contributed by atoms with Gasteiger partial charge in [0.25, 0.3) is 0 Å². The van der Waals surface area contributed by atoms with Crippen LogP contribution in [0.25, 0.3) is 0 Å². The van der Waals surface area contributed by atoms with Gasteiger partial charge in [-0.05, 0) is 80.1 Å². The summed E-state index contributed by atoms with van der Waals surface area (Å²) < 4.78 is 6.03. The number of nitrogens with zero attached hydrogens (tertiary/aromatic N) is 2. The number of benzene rings is 2. The van der Waals surface area contributed by atoms with Gasteiger partial charge >= 0.3 is 0 Å². The molecular formula is C23H30N2O2. The number of hydrogen-bond donors (Lipinski definition) is 1. The standard InChI is InChI=1S/C23H30N2O2/c1-15(2)20-12-19(27-18-10-8-17(26)9-11-18)13-21(16(3)4)22(20)24-14-25-23(5,6)7/h8-13,15-16,26H,1-7H3. The first kappa shape index (κ1) is 20.7. The second-order valence-electron chi connectivity index (χ2n) is 8.35. The molecule has 0 atom stereocenters. The minimum Gasteiger partial charge on any atom is -0.508 e. The van der Waals surface area contributed by atoms with Gasteiger partial charge in [0.1, 0.15) is 17.2 Å². The molecule has 1 N–H and O–H groups in total. The van der Waals surface area contributed by atoms with Crippen LogP contribution >= 0.6 is 0 Å². The largest absolute Gasteiger partial charge is 0.508 e. The minimum absolute atomic E-state index is 0.207. The molecule has 0 fully saturated rings. The molecule has 0 amide bonds. The Morgan fingerprint density at radius 3 is 1.85 bits per heavy atom. The molecule has 0 bridgehead atoms. The van der Waals surface area contributed by atoms with Gasteiger partial charge in [0, 0.05) is 0 Å². The molecule has 0 heterocycles. The van der Waals surface area contributed by atoms with Gasteiger partial charge in [0.2, 0.25) is 0 Å². The second kappa shape index (κ2) is 8.41. The van der Waals surface area contributed by atoms with E-state index in [-0.39, 0.29) is 23.1 Å². The first-order valence-electron chi connectivity index (χ1n) is 9.39. The van der Waals surface area contributed by atoms with Crippen molar-refractivity contribution in [1.29, 1.82) is 0 Å². The van der Waals surface area contributed by atoms with Gasteiger partial charge in [-0.2, -0.15) is 4.99 Å². The van der Waals surface area contributed by atoms with E-state index in [1.54, 1.807) is 24.3 Å². The van der Waals surface area contributed by atoms with Crippen molar-refractivity contribution in [1.82, 2.24) is 0 Å². The van der Waals surface area contributed by atoms with Gasteiger partial charge in [0.15, 0.2) is 0 Å². The fourth-order valence-corrected chi connectivity index (χ4v) is 2.60. The Hall–Kier alpha value is -2.58. The topological polar surface area (TPSA) is 54.2 Å². The van der Waals surface area contributed by atoms with Crippen molar-refractivity contribution in [2.24, 2.45) is 9.98 Å². The fourth-order valence-electron chi connectivity index (χ4n) is 2.60. The zero-order chi connectivity index (χ0) is 20.2. The normalized spacial score (nSPS) is 11.4. The van der Waals surface area contributed by atoms with E-state index < -0.39 is 0 Å². The van der Waals surface area contributed by atoms with E-state index >= 15 is 0 Å². The van der Waals surface area contributed by atoms with E-state index in [1.807, 2.05) is 32.9 Å². The third-order valence-electron chi connectivity index (χ3n) is 4.01. The summed E-state index contributed by atoms with van der Waals surface area (Å²) in [5.41, 5.74) is 2.92. The molecule has 27 heavy (non-hydrogen) atoms. The molecule has 4 heteroatoms. The second-order valence-corrected chi connectivity index (χ2v) is 8.35. The summed E-state index contributed by atoms with van der Waals surface area (Å²) in [6.45, 7) is 14.6. The Kier molecular flexibility index (Phi) is 6.45. The Bertz CT molecular complexity index is 809. The Labute approximate surface area is 162 Å². The molecular weight excluding hydrogens is 336 g/mol. The number of phenols is 1. The van der Waals surface area contributed by atoms with E-state index in [0.717, 1.165) is 22.6 Å². The molecule has 0 radical (unpaired) electrons. The van der Waals surface area contributed by atoms with Crippen LogP contribution in [0, 0.1) is 0 Å². The van der Waals surface area contributed by atoms with E-state index in [9.17, 15) is 5.11 Å². The zero-order valence-corrected chi connectivity index (χ0v) is 17.4. The summed E-state index contributed by atoms with van der Waals surface area (Å²) in [7, 11) is 0. The van der Waals surface area contributed by atoms with Crippen LogP contribution in [0.3, 0.4) is 0 Å². The number of ether oxygens (including phenoxy) is 1. The lowest BCUT2D eigenvalue weighted by molar-refractivity contribution is 0.463. The minimum atomic E-state index is -0.207. The maximum atomic E-state index is 9.45. The van der Waals surface area contributed by atoms with E-state index in [2.05, 4.69) is 43.7 Å². The number of aliphatic imine (C=N–C) groups is 2. The molecule has 0 spiro atoms. The summed E-state index contributed by atoms with van der Waals surface area (Å²) in [4.78, 5) is 8.97. The van der Waals surface area contributed by atoms with Crippen molar-refractivity contribution < 1.29 is 9.84 Å². The first-order valence-corrected chi connectivity index (χ1v) is 9.39. The third-order valence-corrected chi connectivity index (χ3v) is 4.01. The lowest BCUT2D eigenvalue weighted by Gasteiger charge is -2.18. The zero-order valence-electron chi connectivity index (χ0n) is 17.4. The maximum Gasteiger partial charge on any atom is 0.128 e. The van der Waals surface area contributed by atoms with Crippen molar-refractivity contribution in [3.8, 4) is 17.2 Å². The van der Waals surface area contributed by atoms with Crippen LogP contribution in [0.1, 0.15) is 71.4 Å². The summed E-state index contributed by atoms with van der Waals surface area (Å²) in [6.07, 6.45) is 0. The average molecular weight is 367 g/mol. The molecule has 0 aliphatic rings. The van der Waals surface area contributed by atoms with Crippen LogP contribution in [0.5, 0.6) is 17.2 Å². The molecule has 144 valence electrons. The van der Waals surface area contributed by atoms with E-state index in [0.29, 0.717) is 5.75 Å². The average Bonchev–Trinajstić information content (AvgIpc) is 2.56. The van der Waals surface area contributed by atoms with Crippen molar-refractivity contribution in [3.05, 3.63) is 47.5 Å². The SMILES string of the molecule is CC(C)c1cc(Oc2ccc(O)cc2)cc(C(C)C)c1N=C=NC(C)(C)C. The fraction of sp³-hybridized carbons (Fsp3) is 0.435. The Morgan fingerprint density at radius 2 is 1.41 bits per heavy atom. The van der Waals surface area contributed by atoms with Crippen molar-refractivity contribution in [3.63, 3.8) is 0 Å². The molecule has 2 aromatic rings. The highest BCUT2D eigenvalue weighted by Gasteiger charge is 2.17. The van der Waals surface area contributed by atoms with E-state index in [1.165, 1.54) is 0 Å². The molecule has 0 saturated heterocycles. The smallest absolute Gasteiger partial charge is 0.128 e. The van der Waals surface area contributed by atoms with Gasteiger partial charge < -0.3 is 9.84 Å². The monoisotopic (exact) mass is 366 g/mol. The lowest BCUT2D eigenvalue weighted by Crippen LogP contribution is -2.08. The summed E-state index contributed by atoms with van der Waals surface area (Å²) in [6, 6.07) is 13.7. The highest BCUT2D eigenvalue weighted by molar-refractivity contribution is 5.64. The van der Waals surface area contributed by atoms with Crippen molar-refractivity contribution in [2.75, 3.05) is 0 Å². The molecule has 4 nitrogen and oxygen atoms in total. The number of aromatic hydroxyl groups is 1. The first-order chi connectivity index (χ1) is 12.6. The molecule has 0 aliphatic carbocycles. The predicted octanol–water partition coefficient (Wildman–Crippen LogP) is 7.04. The van der Waals surface area contributed by atoms with Gasteiger partial charge in [-0.3, -0.25) is 0 Å². The predicted molar refractivity (Wildman–Crippen MR) is 112 cm³/mol. The molecule has 0 unspecified atom stereocenters. The lowest BCUT2D eigenvalue weighted by atomic mass is 9.92. The highest BCUT2D eigenvalue weighted by Crippen LogP contribution is 2.39. The van der Waals surface area contributed by atoms with Crippen molar-refractivity contribution >= 4 is 11.7 Å². The van der Waals surface area contributed by atoms with Crippen LogP contribution in [0.4, 0.5) is 5.69 Å². The summed E-state index contributed by atoms with van der Waals surface area (Å²) in [5, 5.41) is 9.45. The van der Waals surface area contributed by atoms with Crippen LogP contribution in [-0.2, 0) is 0 Å².